The standard InChI is InChI=1S/C5H11NO/c1-4-2-3-5(6)7-4/h4-5H,2-3,6H2,1H3/t4-,5?/m1/s1. The van der Waals surface area contributed by atoms with Gasteiger partial charge in [-0.05, 0) is 19.8 Å². The number of rotatable bonds is 0. The molecule has 2 atom stereocenters. The fraction of sp³-hybridized carbons (Fsp3) is 1.00. The van der Waals surface area contributed by atoms with E-state index >= 15 is 0 Å². The molecule has 2 N–H and O–H groups in total. The lowest BCUT2D eigenvalue weighted by Crippen LogP contribution is -2.18. The minimum absolute atomic E-state index is 0.0231. The van der Waals surface area contributed by atoms with Crippen LogP contribution in [0, 0.1) is 0 Å². The lowest BCUT2D eigenvalue weighted by Gasteiger charge is -2.01. The van der Waals surface area contributed by atoms with Crippen LogP contribution in [-0.4, -0.2) is 12.3 Å². The van der Waals surface area contributed by atoms with Crippen LogP contribution in [0.15, 0.2) is 0 Å². The van der Waals surface area contributed by atoms with E-state index in [0.717, 1.165) is 12.8 Å². The summed E-state index contributed by atoms with van der Waals surface area (Å²) in [5.74, 6) is 0. The van der Waals surface area contributed by atoms with Gasteiger partial charge in [-0.25, -0.2) is 0 Å². The second-order valence-electron chi connectivity index (χ2n) is 2.06. The lowest BCUT2D eigenvalue weighted by molar-refractivity contribution is 0.0601. The van der Waals surface area contributed by atoms with Crippen LogP contribution in [0.2, 0.25) is 0 Å². The van der Waals surface area contributed by atoms with Crippen molar-refractivity contribution >= 4 is 0 Å². The summed E-state index contributed by atoms with van der Waals surface area (Å²) in [6, 6.07) is 0. The highest BCUT2D eigenvalue weighted by molar-refractivity contribution is 4.63. The molecular weight excluding hydrogens is 90.1 g/mol. The first-order valence-corrected chi connectivity index (χ1v) is 2.70. The molecule has 7 heavy (non-hydrogen) atoms. The SMILES string of the molecule is C[C@@H]1CCC(N)O1. The molecule has 2 heteroatoms. The Morgan fingerprint density at radius 2 is 2.29 bits per heavy atom. The van der Waals surface area contributed by atoms with E-state index in [4.69, 9.17) is 10.5 Å². The van der Waals surface area contributed by atoms with E-state index in [1.54, 1.807) is 0 Å². The molecule has 1 aliphatic heterocycles. The lowest BCUT2D eigenvalue weighted by atomic mass is 10.2. The first kappa shape index (κ1) is 5.06. The van der Waals surface area contributed by atoms with Gasteiger partial charge in [0.15, 0.2) is 0 Å². The van der Waals surface area contributed by atoms with Gasteiger partial charge in [-0.3, -0.25) is 0 Å². The van der Waals surface area contributed by atoms with E-state index < -0.39 is 0 Å². The topological polar surface area (TPSA) is 35.2 Å². The third-order valence-electron chi connectivity index (χ3n) is 1.26. The maximum absolute atomic E-state index is 5.40. The summed E-state index contributed by atoms with van der Waals surface area (Å²) in [5, 5.41) is 0. The summed E-state index contributed by atoms with van der Waals surface area (Å²) >= 11 is 0. The molecule has 2 nitrogen and oxygen atoms in total. The molecule has 0 saturated carbocycles. The second-order valence-corrected chi connectivity index (χ2v) is 2.06. The monoisotopic (exact) mass is 101 g/mol. The van der Waals surface area contributed by atoms with E-state index in [9.17, 15) is 0 Å². The molecule has 1 heterocycles. The summed E-state index contributed by atoms with van der Waals surface area (Å²) in [7, 11) is 0. The Bertz CT molecular complexity index is 57.1. The Hall–Kier alpha value is -0.0800. The average Bonchev–Trinajstić information content (AvgIpc) is 1.87. The highest BCUT2D eigenvalue weighted by Crippen LogP contribution is 2.14. The fourth-order valence-electron chi connectivity index (χ4n) is 0.833. The van der Waals surface area contributed by atoms with Gasteiger partial charge in [0.1, 0.15) is 6.23 Å². The molecule has 1 fully saturated rings. The van der Waals surface area contributed by atoms with Crippen molar-refractivity contribution in [2.75, 3.05) is 0 Å². The maximum Gasteiger partial charge on any atom is 0.106 e. The quantitative estimate of drug-likeness (QED) is 0.481. The Morgan fingerprint density at radius 1 is 1.57 bits per heavy atom. The zero-order valence-corrected chi connectivity index (χ0v) is 4.55. The number of ether oxygens (including phenoxy) is 1. The van der Waals surface area contributed by atoms with Crippen LogP contribution in [0.5, 0.6) is 0 Å². The fourth-order valence-corrected chi connectivity index (χ4v) is 0.833. The van der Waals surface area contributed by atoms with Crippen molar-refractivity contribution in [2.45, 2.75) is 32.1 Å². The normalized spacial score (nSPS) is 42.0. The van der Waals surface area contributed by atoms with Crippen LogP contribution in [0.3, 0.4) is 0 Å². The Balaban J connectivity index is 2.26. The smallest absolute Gasteiger partial charge is 0.106 e. The molecule has 0 bridgehead atoms. The van der Waals surface area contributed by atoms with Gasteiger partial charge < -0.3 is 10.5 Å². The van der Waals surface area contributed by atoms with Gasteiger partial charge in [-0.2, -0.15) is 0 Å². The first-order valence-electron chi connectivity index (χ1n) is 2.70. The van der Waals surface area contributed by atoms with Crippen LogP contribution in [0.25, 0.3) is 0 Å². The van der Waals surface area contributed by atoms with Crippen molar-refractivity contribution in [3.05, 3.63) is 0 Å². The third kappa shape index (κ3) is 1.14. The summed E-state index contributed by atoms with van der Waals surface area (Å²) < 4.78 is 5.14. The van der Waals surface area contributed by atoms with Crippen molar-refractivity contribution in [1.82, 2.24) is 0 Å². The summed E-state index contributed by atoms with van der Waals surface area (Å²) in [6.07, 6.45) is 2.58. The molecule has 0 aliphatic carbocycles. The van der Waals surface area contributed by atoms with Crippen LogP contribution in [0.4, 0.5) is 0 Å². The minimum atomic E-state index is 0.0231. The molecule has 0 spiro atoms. The van der Waals surface area contributed by atoms with Crippen LogP contribution in [-0.2, 0) is 4.74 Å². The third-order valence-corrected chi connectivity index (χ3v) is 1.26. The van der Waals surface area contributed by atoms with Crippen LogP contribution in [0.1, 0.15) is 19.8 Å². The molecule has 1 unspecified atom stereocenters. The van der Waals surface area contributed by atoms with Gasteiger partial charge in [-0.15, -0.1) is 0 Å². The van der Waals surface area contributed by atoms with Gasteiger partial charge in [0.25, 0.3) is 0 Å². The molecule has 0 radical (unpaired) electrons. The highest BCUT2D eigenvalue weighted by Gasteiger charge is 2.16. The van der Waals surface area contributed by atoms with E-state index in [0.29, 0.717) is 6.10 Å². The maximum atomic E-state index is 5.40. The van der Waals surface area contributed by atoms with Crippen molar-refractivity contribution in [2.24, 2.45) is 5.73 Å². The first-order chi connectivity index (χ1) is 3.29. The highest BCUT2D eigenvalue weighted by atomic mass is 16.5. The number of hydrogen-bond acceptors (Lipinski definition) is 2. The van der Waals surface area contributed by atoms with Crippen molar-refractivity contribution in [3.63, 3.8) is 0 Å². The number of hydrogen-bond donors (Lipinski definition) is 1. The molecule has 1 aliphatic rings. The van der Waals surface area contributed by atoms with Crippen molar-refractivity contribution in [3.8, 4) is 0 Å². The molecule has 1 rings (SSSR count). The molecule has 0 amide bonds. The number of nitrogens with two attached hydrogens (primary N) is 1. The summed E-state index contributed by atoms with van der Waals surface area (Å²) in [4.78, 5) is 0. The summed E-state index contributed by atoms with van der Waals surface area (Å²) in [6.45, 7) is 2.05. The van der Waals surface area contributed by atoms with Gasteiger partial charge in [0.2, 0.25) is 0 Å². The van der Waals surface area contributed by atoms with Crippen molar-refractivity contribution in [1.29, 1.82) is 0 Å². The Morgan fingerprint density at radius 3 is 2.43 bits per heavy atom. The van der Waals surface area contributed by atoms with E-state index in [2.05, 4.69) is 0 Å². The summed E-state index contributed by atoms with van der Waals surface area (Å²) in [5.41, 5.74) is 5.40. The predicted octanol–water partition coefficient (Wildman–Crippen LogP) is 0.470. The van der Waals surface area contributed by atoms with Gasteiger partial charge in [-0.1, -0.05) is 0 Å². The van der Waals surface area contributed by atoms with E-state index in [-0.39, 0.29) is 6.23 Å². The molecular formula is C5H11NO. The van der Waals surface area contributed by atoms with E-state index in [1.165, 1.54) is 0 Å². The van der Waals surface area contributed by atoms with E-state index in [1.807, 2.05) is 6.92 Å². The average molecular weight is 101 g/mol. The molecule has 42 valence electrons. The molecule has 0 aromatic carbocycles. The van der Waals surface area contributed by atoms with Gasteiger partial charge in [0.05, 0.1) is 6.10 Å². The minimum Gasteiger partial charge on any atom is -0.361 e. The van der Waals surface area contributed by atoms with Crippen LogP contribution >= 0.6 is 0 Å². The Labute approximate surface area is 43.6 Å². The largest absolute Gasteiger partial charge is 0.361 e. The van der Waals surface area contributed by atoms with Crippen molar-refractivity contribution < 1.29 is 4.74 Å². The molecule has 1 saturated heterocycles. The second kappa shape index (κ2) is 1.80. The molecule has 0 aromatic heterocycles. The van der Waals surface area contributed by atoms with Gasteiger partial charge in [0, 0.05) is 0 Å². The zero-order valence-electron chi connectivity index (χ0n) is 4.55. The van der Waals surface area contributed by atoms with Crippen LogP contribution < -0.4 is 5.73 Å². The molecule has 0 aromatic rings. The Kier molecular flexibility index (Phi) is 1.30. The predicted molar refractivity (Wildman–Crippen MR) is 27.8 cm³/mol. The van der Waals surface area contributed by atoms with Gasteiger partial charge >= 0.3 is 0 Å². The zero-order chi connectivity index (χ0) is 5.28.